The molecule has 5 nitrogen and oxygen atoms in total. The number of hydrogen-bond acceptors (Lipinski definition) is 5. The summed E-state index contributed by atoms with van der Waals surface area (Å²) < 4.78 is 6.38. The number of rotatable bonds is 2. The van der Waals surface area contributed by atoms with Gasteiger partial charge in [0.2, 0.25) is 0 Å². The van der Waals surface area contributed by atoms with Gasteiger partial charge < -0.3 is 9.64 Å². The maximum atomic E-state index is 12.9. The number of likely N-dealkylation sites (tertiary alicyclic amines) is 1. The molecule has 2 aliphatic heterocycles. The van der Waals surface area contributed by atoms with Crippen LogP contribution in [0.15, 0.2) is 48.7 Å². The molecule has 0 aliphatic carbocycles. The van der Waals surface area contributed by atoms with E-state index in [1.165, 1.54) is 20.9 Å². The topological polar surface area (TPSA) is 55.3 Å². The highest BCUT2D eigenvalue weighted by Gasteiger charge is 2.43. The van der Waals surface area contributed by atoms with E-state index in [0.717, 1.165) is 25.9 Å². The normalized spacial score (nSPS) is 17.9. The number of amides is 1. The summed E-state index contributed by atoms with van der Waals surface area (Å²) in [5.41, 5.74) is 2.79. The lowest BCUT2D eigenvalue weighted by molar-refractivity contribution is -0.0926. The molecule has 2 aromatic heterocycles. The van der Waals surface area contributed by atoms with Crippen LogP contribution >= 0.6 is 11.3 Å². The Hall–Kier alpha value is -2.57. The lowest BCUT2D eigenvalue weighted by Gasteiger charge is -2.44. The smallest absolute Gasteiger partial charge is 0.272 e. The molecule has 6 heteroatoms. The van der Waals surface area contributed by atoms with E-state index < -0.39 is 0 Å². The van der Waals surface area contributed by atoms with Gasteiger partial charge in [0.05, 0.1) is 12.2 Å². The number of nitrogens with zero attached hydrogens (tertiary/aromatic N) is 3. The second kappa shape index (κ2) is 7.35. The lowest BCUT2D eigenvalue weighted by atomic mass is 9.82. The highest BCUT2D eigenvalue weighted by atomic mass is 32.1. The molecule has 2 aliphatic rings. The van der Waals surface area contributed by atoms with Crippen LogP contribution in [-0.4, -0.2) is 40.5 Å². The average molecular weight is 406 g/mol. The molecule has 1 spiro atoms. The van der Waals surface area contributed by atoms with Crippen molar-refractivity contribution >= 4 is 17.2 Å². The summed E-state index contributed by atoms with van der Waals surface area (Å²) in [5.74, 6) is 0.605. The first-order valence-electron chi connectivity index (χ1n) is 10.1. The molecule has 0 atom stereocenters. The van der Waals surface area contributed by atoms with Crippen molar-refractivity contribution in [1.29, 1.82) is 0 Å². The molecular formula is C23H23N3O2S. The van der Waals surface area contributed by atoms with E-state index in [0.29, 0.717) is 24.6 Å². The number of fused-ring (bicyclic) bond motifs is 2. The Bertz CT molecular complexity index is 1040. The minimum Gasteiger partial charge on any atom is -0.370 e. The summed E-state index contributed by atoms with van der Waals surface area (Å²) in [6.45, 7) is 3.91. The van der Waals surface area contributed by atoms with E-state index in [1.807, 2.05) is 22.3 Å². The van der Waals surface area contributed by atoms with E-state index in [4.69, 9.17) is 4.74 Å². The predicted molar refractivity (Wildman–Crippen MR) is 113 cm³/mol. The van der Waals surface area contributed by atoms with Crippen LogP contribution in [0.25, 0.3) is 10.4 Å². The van der Waals surface area contributed by atoms with Gasteiger partial charge in [-0.1, -0.05) is 30.3 Å². The molecule has 1 amide bonds. The minimum absolute atomic E-state index is 0.0170. The third kappa shape index (κ3) is 3.36. The van der Waals surface area contributed by atoms with Crippen LogP contribution < -0.4 is 0 Å². The first-order valence-corrected chi connectivity index (χ1v) is 10.9. The number of ether oxygens (including phenoxy) is 1. The van der Waals surface area contributed by atoms with Gasteiger partial charge in [0.15, 0.2) is 0 Å². The SMILES string of the molecule is Cc1nccc(C(=O)N2CCC3(CC2)OCCc2sc(-c4ccccc4)cc23)n1. The van der Waals surface area contributed by atoms with Gasteiger partial charge in [0, 0.05) is 35.5 Å². The highest BCUT2D eigenvalue weighted by Crippen LogP contribution is 2.46. The van der Waals surface area contributed by atoms with E-state index >= 15 is 0 Å². The fourth-order valence-corrected chi connectivity index (χ4v) is 5.62. The fourth-order valence-electron chi connectivity index (χ4n) is 4.38. The van der Waals surface area contributed by atoms with Gasteiger partial charge in [-0.3, -0.25) is 4.79 Å². The van der Waals surface area contributed by atoms with Gasteiger partial charge in [-0.2, -0.15) is 0 Å². The van der Waals surface area contributed by atoms with Crippen LogP contribution in [0.3, 0.4) is 0 Å². The Kier molecular flexibility index (Phi) is 4.68. The van der Waals surface area contributed by atoms with Crippen LogP contribution in [0.5, 0.6) is 0 Å². The molecule has 1 aromatic carbocycles. The van der Waals surface area contributed by atoms with Gasteiger partial charge in [0.1, 0.15) is 11.5 Å². The van der Waals surface area contributed by atoms with Crippen LogP contribution in [0.2, 0.25) is 0 Å². The number of piperidine rings is 1. The number of aryl methyl sites for hydroxylation is 1. The molecular weight excluding hydrogens is 382 g/mol. The number of carbonyl (C=O) groups excluding carboxylic acids is 1. The van der Waals surface area contributed by atoms with Gasteiger partial charge in [0.25, 0.3) is 5.91 Å². The van der Waals surface area contributed by atoms with Crippen molar-refractivity contribution in [3.05, 3.63) is 70.6 Å². The van der Waals surface area contributed by atoms with Crippen molar-refractivity contribution < 1.29 is 9.53 Å². The standard InChI is InChI=1S/C23H23N3O2S/c1-16-24-11-7-19(25-16)22(27)26-12-9-23(10-13-26)18-15-21(17-5-3-2-4-6-17)29-20(18)8-14-28-23/h2-7,11,15H,8-10,12-14H2,1H3. The van der Waals surface area contributed by atoms with Crippen molar-refractivity contribution in [1.82, 2.24) is 14.9 Å². The summed E-state index contributed by atoms with van der Waals surface area (Å²) in [6.07, 6.45) is 4.26. The molecule has 4 heterocycles. The van der Waals surface area contributed by atoms with Crippen LogP contribution in [0, 0.1) is 6.92 Å². The second-order valence-electron chi connectivity index (χ2n) is 7.69. The van der Waals surface area contributed by atoms with E-state index in [9.17, 15) is 4.79 Å². The molecule has 148 valence electrons. The summed E-state index contributed by atoms with van der Waals surface area (Å²) in [5, 5.41) is 0. The van der Waals surface area contributed by atoms with Crippen LogP contribution in [-0.2, 0) is 16.8 Å². The second-order valence-corrected chi connectivity index (χ2v) is 8.82. The van der Waals surface area contributed by atoms with Crippen molar-refractivity contribution in [3.8, 4) is 10.4 Å². The Morgan fingerprint density at radius 3 is 2.72 bits per heavy atom. The average Bonchev–Trinajstić information content (AvgIpc) is 3.21. The monoisotopic (exact) mass is 405 g/mol. The van der Waals surface area contributed by atoms with Gasteiger partial charge in [-0.25, -0.2) is 9.97 Å². The van der Waals surface area contributed by atoms with E-state index in [2.05, 4.69) is 40.3 Å². The molecule has 0 unspecified atom stereocenters. The minimum atomic E-state index is -0.268. The van der Waals surface area contributed by atoms with Gasteiger partial charge >= 0.3 is 0 Å². The molecule has 3 aromatic rings. The molecule has 0 radical (unpaired) electrons. The van der Waals surface area contributed by atoms with Crippen LogP contribution in [0.1, 0.15) is 39.6 Å². The number of benzene rings is 1. The summed E-state index contributed by atoms with van der Waals surface area (Å²) in [6, 6.07) is 14.6. The summed E-state index contributed by atoms with van der Waals surface area (Å²) >= 11 is 1.88. The first-order chi connectivity index (χ1) is 14.1. The van der Waals surface area contributed by atoms with Gasteiger partial charge in [-0.05, 0) is 43.0 Å². The first kappa shape index (κ1) is 18.5. The zero-order valence-electron chi connectivity index (χ0n) is 16.4. The molecule has 0 N–H and O–H groups in total. The quantitative estimate of drug-likeness (QED) is 0.641. The molecule has 0 saturated carbocycles. The Morgan fingerprint density at radius 2 is 1.97 bits per heavy atom. The molecule has 1 saturated heterocycles. The van der Waals surface area contributed by atoms with Crippen LogP contribution in [0.4, 0.5) is 0 Å². The maximum absolute atomic E-state index is 12.9. The molecule has 29 heavy (non-hydrogen) atoms. The zero-order valence-corrected chi connectivity index (χ0v) is 17.2. The third-order valence-electron chi connectivity index (χ3n) is 5.92. The number of aromatic nitrogens is 2. The third-order valence-corrected chi connectivity index (χ3v) is 7.16. The Labute approximate surface area is 174 Å². The number of carbonyl (C=O) groups is 1. The largest absolute Gasteiger partial charge is 0.370 e. The van der Waals surface area contributed by atoms with Crippen molar-refractivity contribution in [2.45, 2.75) is 31.8 Å². The van der Waals surface area contributed by atoms with Crippen molar-refractivity contribution in [2.75, 3.05) is 19.7 Å². The number of thiophene rings is 1. The summed E-state index contributed by atoms with van der Waals surface area (Å²) in [4.78, 5) is 25.9. The highest BCUT2D eigenvalue weighted by molar-refractivity contribution is 7.15. The van der Waals surface area contributed by atoms with E-state index in [-0.39, 0.29) is 11.5 Å². The lowest BCUT2D eigenvalue weighted by Crippen LogP contribution is -2.48. The number of hydrogen-bond donors (Lipinski definition) is 0. The van der Waals surface area contributed by atoms with E-state index in [1.54, 1.807) is 19.2 Å². The van der Waals surface area contributed by atoms with Crippen molar-refractivity contribution in [2.24, 2.45) is 0 Å². The van der Waals surface area contributed by atoms with Crippen molar-refractivity contribution in [3.63, 3.8) is 0 Å². The Balaban J connectivity index is 1.38. The molecule has 0 bridgehead atoms. The zero-order chi connectivity index (χ0) is 19.8. The predicted octanol–water partition coefficient (Wildman–Crippen LogP) is 4.22. The molecule has 5 rings (SSSR count). The maximum Gasteiger partial charge on any atom is 0.272 e. The summed E-state index contributed by atoms with van der Waals surface area (Å²) in [7, 11) is 0. The molecule has 1 fully saturated rings. The van der Waals surface area contributed by atoms with Gasteiger partial charge in [-0.15, -0.1) is 11.3 Å². The fraction of sp³-hybridized carbons (Fsp3) is 0.348. The Morgan fingerprint density at radius 1 is 1.17 bits per heavy atom.